The quantitative estimate of drug-likeness (QED) is 0.816. The molecule has 0 aliphatic heterocycles. The highest BCUT2D eigenvalue weighted by molar-refractivity contribution is 6.06. The third kappa shape index (κ3) is 2.81. The minimum atomic E-state index is -0.759. The lowest BCUT2D eigenvalue weighted by Gasteiger charge is -2.02. The van der Waals surface area contributed by atoms with E-state index in [4.69, 9.17) is 10.3 Å². The van der Waals surface area contributed by atoms with Gasteiger partial charge >= 0.3 is 0 Å². The van der Waals surface area contributed by atoms with E-state index >= 15 is 0 Å². The van der Waals surface area contributed by atoms with Crippen molar-refractivity contribution in [2.24, 2.45) is 5.73 Å². The standard InChI is InChI=1S/C12H12N4O4/c1-19-6-8(17)15-12-9(11(13)18)10(16-20-12)7-2-4-14-5-3-7/h2-5H,6H2,1H3,(H2,13,18)(H,15,17). The van der Waals surface area contributed by atoms with Gasteiger partial charge < -0.3 is 15.0 Å². The van der Waals surface area contributed by atoms with E-state index in [-0.39, 0.29) is 23.7 Å². The van der Waals surface area contributed by atoms with Gasteiger partial charge in [-0.2, -0.15) is 0 Å². The van der Waals surface area contributed by atoms with Gasteiger partial charge in [0.25, 0.3) is 11.8 Å². The zero-order chi connectivity index (χ0) is 14.5. The number of carbonyl (C=O) groups excluding carboxylic acids is 2. The van der Waals surface area contributed by atoms with Crippen molar-refractivity contribution in [3.05, 3.63) is 30.1 Å². The number of anilines is 1. The van der Waals surface area contributed by atoms with Gasteiger partial charge in [-0.25, -0.2) is 0 Å². The van der Waals surface area contributed by atoms with Crippen molar-refractivity contribution in [1.82, 2.24) is 10.1 Å². The lowest BCUT2D eigenvalue weighted by atomic mass is 10.1. The summed E-state index contributed by atoms with van der Waals surface area (Å²) in [6, 6.07) is 3.29. The normalized spacial score (nSPS) is 10.2. The molecule has 0 fully saturated rings. The van der Waals surface area contributed by atoms with Gasteiger partial charge in [0.15, 0.2) is 0 Å². The van der Waals surface area contributed by atoms with Crippen LogP contribution in [-0.4, -0.2) is 35.7 Å². The van der Waals surface area contributed by atoms with Gasteiger partial charge in [0.1, 0.15) is 17.9 Å². The molecular formula is C12H12N4O4. The van der Waals surface area contributed by atoms with Crippen molar-refractivity contribution in [2.75, 3.05) is 19.0 Å². The minimum Gasteiger partial charge on any atom is -0.375 e. The molecule has 0 aliphatic rings. The Kier molecular flexibility index (Phi) is 4.06. The molecular weight excluding hydrogens is 264 g/mol. The number of nitrogens with one attached hydrogen (secondary N) is 1. The maximum absolute atomic E-state index is 11.5. The topological polar surface area (TPSA) is 120 Å². The summed E-state index contributed by atoms with van der Waals surface area (Å²) in [5, 5.41) is 6.14. The Morgan fingerprint density at radius 2 is 2.10 bits per heavy atom. The highest BCUT2D eigenvalue weighted by Crippen LogP contribution is 2.27. The van der Waals surface area contributed by atoms with Crippen LogP contribution in [0.4, 0.5) is 5.88 Å². The first kappa shape index (κ1) is 13.7. The average molecular weight is 276 g/mol. The molecule has 0 saturated carbocycles. The van der Waals surface area contributed by atoms with Crippen LogP contribution in [0.3, 0.4) is 0 Å². The van der Waals surface area contributed by atoms with Crippen molar-refractivity contribution in [3.63, 3.8) is 0 Å². The van der Waals surface area contributed by atoms with Crippen LogP contribution in [0.25, 0.3) is 11.3 Å². The fraction of sp³-hybridized carbons (Fsp3) is 0.167. The Labute approximate surface area is 113 Å². The Bertz CT molecular complexity index is 624. The molecule has 2 amide bonds. The van der Waals surface area contributed by atoms with Crippen LogP contribution in [0.1, 0.15) is 10.4 Å². The van der Waals surface area contributed by atoms with Gasteiger partial charge in [-0.15, -0.1) is 0 Å². The summed E-state index contributed by atoms with van der Waals surface area (Å²) in [5.41, 5.74) is 6.16. The van der Waals surface area contributed by atoms with Crippen LogP contribution in [0.15, 0.2) is 29.0 Å². The van der Waals surface area contributed by atoms with E-state index in [2.05, 4.69) is 20.2 Å². The third-order valence-corrected chi connectivity index (χ3v) is 2.42. The number of nitrogens with zero attached hydrogens (tertiary/aromatic N) is 2. The smallest absolute Gasteiger partial charge is 0.256 e. The zero-order valence-corrected chi connectivity index (χ0v) is 10.6. The monoisotopic (exact) mass is 276 g/mol. The van der Waals surface area contributed by atoms with Crippen LogP contribution in [0.2, 0.25) is 0 Å². The first-order chi connectivity index (χ1) is 9.63. The van der Waals surface area contributed by atoms with Gasteiger partial charge in [-0.05, 0) is 12.1 Å². The molecule has 2 heterocycles. The van der Waals surface area contributed by atoms with Crippen LogP contribution < -0.4 is 11.1 Å². The van der Waals surface area contributed by atoms with Crippen molar-refractivity contribution in [1.29, 1.82) is 0 Å². The molecule has 8 heteroatoms. The maximum Gasteiger partial charge on any atom is 0.256 e. The molecule has 2 aromatic rings. The summed E-state index contributed by atoms with van der Waals surface area (Å²) >= 11 is 0. The molecule has 0 saturated heterocycles. The summed E-state index contributed by atoms with van der Waals surface area (Å²) in [4.78, 5) is 26.9. The largest absolute Gasteiger partial charge is 0.375 e. The number of methoxy groups -OCH3 is 1. The second-order valence-corrected chi connectivity index (χ2v) is 3.82. The predicted octanol–water partition coefficient (Wildman–Crippen LogP) is 0.420. The van der Waals surface area contributed by atoms with E-state index in [0.29, 0.717) is 5.56 Å². The van der Waals surface area contributed by atoms with E-state index in [0.717, 1.165) is 0 Å². The van der Waals surface area contributed by atoms with E-state index in [1.807, 2.05) is 0 Å². The number of hydrogen-bond donors (Lipinski definition) is 2. The van der Waals surface area contributed by atoms with Gasteiger partial charge in [0.2, 0.25) is 5.88 Å². The molecule has 0 aromatic carbocycles. The molecule has 8 nitrogen and oxygen atoms in total. The van der Waals surface area contributed by atoms with E-state index in [9.17, 15) is 9.59 Å². The fourth-order valence-electron chi connectivity index (χ4n) is 1.60. The first-order valence-electron chi connectivity index (χ1n) is 5.62. The number of nitrogens with two attached hydrogens (primary N) is 1. The van der Waals surface area contributed by atoms with E-state index < -0.39 is 11.8 Å². The molecule has 104 valence electrons. The Morgan fingerprint density at radius 1 is 1.40 bits per heavy atom. The fourth-order valence-corrected chi connectivity index (χ4v) is 1.60. The molecule has 0 atom stereocenters. The van der Waals surface area contributed by atoms with Crippen molar-refractivity contribution in [3.8, 4) is 11.3 Å². The second-order valence-electron chi connectivity index (χ2n) is 3.82. The van der Waals surface area contributed by atoms with Crippen LogP contribution in [0.5, 0.6) is 0 Å². The summed E-state index contributed by atoms with van der Waals surface area (Å²) in [5.74, 6) is -1.34. The Morgan fingerprint density at radius 3 is 2.70 bits per heavy atom. The molecule has 2 aromatic heterocycles. The summed E-state index contributed by atoms with van der Waals surface area (Å²) < 4.78 is 9.64. The van der Waals surface area contributed by atoms with E-state index in [1.165, 1.54) is 19.5 Å². The highest BCUT2D eigenvalue weighted by atomic mass is 16.5. The Balaban J connectivity index is 2.38. The molecule has 2 rings (SSSR count). The number of pyridine rings is 1. The van der Waals surface area contributed by atoms with Crippen LogP contribution >= 0.6 is 0 Å². The lowest BCUT2D eigenvalue weighted by Crippen LogP contribution is -2.20. The number of ether oxygens (including phenoxy) is 1. The Hall–Kier alpha value is -2.74. The summed E-state index contributed by atoms with van der Waals surface area (Å²) in [6.45, 7) is -0.177. The van der Waals surface area contributed by atoms with Crippen molar-refractivity contribution in [2.45, 2.75) is 0 Å². The number of hydrogen-bond acceptors (Lipinski definition) is 6. The van der Waals surface area contributed by atoms with E-state index in [1.54, 1.807) is 12.1 Å². The molecule has 20 heavy (non-hydrogen) atoms. The van der Waals surface area contributed by atoms with Gasteiger partial charge in [-0.1, -0.05) is 5.16 Å². The molecule has 0 spiro atoms. The van der Waals surface area contributed by atoms with Crippen LogP contribution in [-0.2, 0) is 9.53 Å². The number of aromatic nitrogens is 2. The SMILES string of the molecule is COCC(=O)Nc1onc(-c2ccncc2)c1C(N)=O. The first-order valence-corrected chi connectivity index (χ1v) is 5.62. The predicted molar refractivity (Wildman–Crippen MR) is 68.8 cm³/mol. The lowest BCUT2D eigenvalue weighted by molar-refractivity contribution is -0.119. The maximum atomic E-state index is 11.5. The summed E-state index contributed by atoms with van der Waals surface area (Å²) in [7, 11) is 1.37. The third-order valence-electron chi connectivity index (χ3n) is 2.42. The summed E-state index contributed by atoms with van der Waals surface area (Å²) in [6.07, 6.45) is 3.08. The average Bonchev–Trinajstić information content (AvgIpc) is 2.83. The second kappa shape index (κ2) is 5.93. The highest BCUT2D eigenvalue weighted by Gasteiger charge is 2.23. The molecule has 3 N–H and O–H groups in total. The molecule has 0 aliphatic carbocycles. The van der Waals surface area contributed by atoms with Crippen molar-refractivity contribution < 1.29 is 18.8 Å². The van der Waals surface area contributed by atoms with Crippen molar-refractivity contribution >= 4 is 17.7 Å². The number of rotatable bonds is 5. The minimum absolute atomic E-state index is 0.000605. The van der Waals surface area contributed by atoms with Gasteiger partial charge in [0, 0.05) is 25.1 Å². The van der Waals surface area contributed by atoms with Gasteiger partial charge in [-0.3, -0.25) is 19.9 Å². The molecule has 0 bridgehead atoms. The number of amides is 2. The zero-order valence-electron chi connectivity index (χ0n) is 10.6. The number of primary amides is 1. The molecule has 0 unspecified atom stereocenters. The van der Waals surface area contributed by atoms with Crippen LogP contribution in [0, 0.1) is 0 Å². The molecule has 0 radical (unpaired) electrons. The number of carbonyl (C=O) groups is 2. The van der Waals surface area contributed by atoms with Gasteiger partial charge in [0.05, 0.1) is 0 Å².